The molecule has 0 saturated carbocycles. The summed E-state index contributed by atoms with van der Waals surface area (Å²) in [7, 11) is -3.05. The molecule has 0 amide bonds. The standard InChI is InChI=1S/C11H26N2O2S/c1-5-12-9-7-8-10-16(14,15)13(6-2)11(3)4/h11-12H,5-10H2,1-4H3. The van der Waals surface area contributed by atoms with Crippen LogP contribution in [0.4, 0.5) is 0 Å². The summed E-state index contributed by atoms with van der Waals surface area (Å²) >= 11 is 0. The van der Waals surface area contributed by atoms with Crippen LogP contribution in [0.5, 0.6) is 0 Å². The van der Waals surface area contributed by atoms with Crippen LogP contribution in [0, 0.1) is 0 Å². The lowest BCUT2D eigenvalue weighted by molar-refractivity contribution is 0.368. The molecule has 0 spiro atoms. The molecule has 0 aromatic heterocycles. The quantitative estimate of drug-likeness (QED) is 0.630. The van der Waals surface area contributed by atoms with E-state index >= 15 is 0 Å². The molecular weight excluding hydrogens is 224 g/mol. The molecule has 0 saturated heterocycles. The summed E-state index contributed by atoms with van der Waals surface area (Å²) in [6, 6.07) is 0.0590. The minimum absolute atomic E-state index is 0.0590. The van der Waals surface area contributed by atoms with Crippen molar-refractivity contribution in [3.63, 3.8) is 0 Å². The van der Waals surface area contributed by atoms with Crippen molar-refractivity contribution in [3.05, 3.63) is 0 Å². The predicted molar refractivity (Wildman–Crippen MR) is 69.1 cm³/mol. The molecule has 0 heterocycles. The summed E-state index contributed by atoms with van der Waals surface area (Å²) in [5.41, 5.74) is 0. The van der Waals surface area contributed by atoms with Crippen LogP contribution in [-0.2, 0) is 10.0 Å². The van der Waals surface area contributed by atoms with Crippen molar-refractivity contribution >= 4 is 10.0 Å². The van der Waals surface area contributed by atoms with Gasteiger partial charge in [0, 0.05) is 12.6 Å². The molecule has 0 aliphatic heterocycles. The van der Waals surface area contributed by atoms with Crippen molar-refractivity contribution in [1.82, 2.24) is 9.62 Å². The van der Waals surface area contributed by atoms with Crippen LogP contribution < -0.4 is 5.32 Å². The minimum atomic E-state index is -3.05. The van der Waals surface area contributed by atoms with Gasteiger partial charge in [-0.3, -0.25) is 0 Å². The molecule has 0 aromatic rings. The Kier molecular flexibility index (Phi) is 7.97. The zero-order valence-electron chi connectivity index (χ0n) is 11.0. The smallest absolute Gasteiger partial charge is 0.214 e. The van der Waals surface area contributed by atoms with Crippen LogP contribution in [0.1, 0.15) is 40.5 Å². The molecule has 0 aromatic carbocycles. The van der Waals surface area contributed by atoms with Gasteiger partial charge in [-0.15, -0.1) is 0 Å². The molecular formula is C11H26N2O2S. The van der Waals surface area contributed by atoms with Gasteiger partial charge in [-0.2, -0.15) is 4.31 Å². The molecule has 0 rings (SSSR count). The Morgan fingerprint density at radius 1 is 1.19 bits per heavy atom. The lowest BCUT2D eigenvalue weighted by Gasteiger charge is -2.24. The van der Waals surface area contributed by atoms with E-state index in [2.05, 4.69) is 5.32 Å². The highest BCUT2D eigenvalue weighted by Crippen LogP contribution is 2.08. The summed E-state index contributed by atoms with van der Waals surface area (Å²) in [6.07, 6.45) is 1.65. The van der Waals surface area contributed by atoms with E-state index in [1.807, 2.05) is 27.7 Å². The minimum Gasteiger partial charge on any atom is -0.317 e. The second-order valence-electron chi connectivity index (χ2n) is 4.17. The van der Waals surface area contributed by atoms with E-state index in [0.29, 0.717) is 6.54 Å². The molecule has 0 bridgehead atoms. The average Bonchev–Trinajstić information content (AvgIpc) is 2.17. The maximum absolute atomic E-state index is 11.9. The zero-order valence-corrected chi connectivity index (χ0v) is 11.8. The Bertz CT molecular complexity index is 263. The predicted octanol–water partition coefficient (Wildman–Crippen LogP) is 1.44. The molecule has 98 valence electrons. The summed E-state index contributed by atoms with van der Waals surface area (Å²) in [5, 5.41) is 3.19. The van der Waals surface area contributed by atoms with Gasteiger partial charge < -0.3 is 5.32 Å². The third-order valence-electron chi connectivity index (χ3n) is 2.50. The summed E-state index contributed by atoms with van der Waals surface area (Å²) < 4.78 is 25.5. The van der Waals surface area contributed by atoms with Crippen LogP contribution in [0.3, 0.4) is 0 Å². The number of hydrogen-bond acceptors (Lipinski definition) is 3. The fraction of sp³-hybridized carbons (Fsp3) is 1.00. The first-order valence-electron chi connectivity index (χ1n) is 6.16. The van der Waals surface area contributed by atoms with E-state index in [0.717, 1.165) is 25.9 Å². The molecule has 0 aliphatic carbocycles. The highest BCUT2D eigenvalue weighted by molar-refractivity contribution is 7.89. The maximum Gasteiger partial charge on any atom is 0.214 e. The van der Waals surface area contributed by atoms with Crippen LogP contribution in [-0.4, -0.2) is 44.2 Å². The molecule has 0 atom stereocenters. The number of rotatable bonds is 9. The third kappa shape index (κ3) is 5.82. The van der Waals surface area contributed by atoms with Gasteiger partial charge in [-0.05, 0) is 39.8 Å². The van der Waals surface area contributed by atoms with Crippen molar-refractivity contribution in [3.8, 4) is 0 Å². The topological polar surface area (TPSA) is 49.4 Å². The Hall–Kier alpha value is -0.130. The van der Waals surface area contributed by atoms with Gasteiger partial charge in [-0.25, -0.2) is 8.42 Å². The lowest BCUT2D eigenvalue weighted by Crippen LogP contribution is -2.38. The van der Waals surface area contributed by atoms with Gasteiger partial charge in [-0.1, -0.05) is 13.8 Å². The average molecular weight is 250 g/mol. The number of hydrogen-bond donors (Lipinski definition) is 1. The number of unbranched alkanes of at least 4 members (excludes halogenated alkanes) is 1. The van der Waals surface area contributed by atoms with E-state index in [9.17, 15) is 8.42 Å². The largest absolute Gasteiger partial charge is 0.317 e. The van der Waals surface area contributed by atoms with Gasteiger partial charge in [0.05, 0.1) is 5.75 Å². The van der Waals surface area contributed by atoms with E-state index in [1.165, 1.54) is 0 Å². The van der Waals surface area contributed by atoms with Gasteiger partial charge in [0.2, 0.25) is 10.0 Å². The fourth-order valence-corrected chi connectivity index (χ4v) is 3.55. The molecule has 4 nitrogen and oxygen atoms in total. The van der Waals surface area contributed by atoms with Gasteiger partial charge in [0.15, 0.2) is 0 Å². The third-order valence-corrected chi connectivity index (χ3v) is 4.70. The van der Waals surface area contributed by atoms with Gasteiger partial charge in [0.1, 0.15) is 0 Å². The normalized spacial score (nSPS) is 12.6. The molecule has 0 aliphatic rings. The maximum atomic E-state index is 11.9. The second kappa shape index (κ2) is 8.03. The Morgan fingerprint density at radius 3 is 2.25 bits per heavy atom. The fourth-order valence-electron chi connectivity index (χ4n) is 1.71. The van der Waals surface area contributed by atoms with Crippen LogP contribution in [0.25, 0.3) is 0 Å². The number of sulfonamides is 1. The highest BCUT2D eigenvalue weighted by Gasteiger charge is 2.22. The van der Waals surface area contributed by atoms with E-state index in [4.69, 9.17) is 0 Å². The van der Waals surface area contributed by atoms with Crippen LogP contribution >= 0.6 is 0 Å². The first-order chi connectivity index (χ1) is 7.45. The molecule has 0 radical (unpaired) electrons. The van der Waals surface area contributed by atoms with Crippen molar-refractivity contribution < 1.29 is 8.42 Å². The monoisotopic (exact) mass is 250 g/mol. The second-order valence-corrected chi connectivity index (χ2v) is 6.21. The SMILES string of the molecule is CCNCCCCS(=O)(=O)N(CC)C(C)C. The van der Waals surface area contributed by atoms with Gasteiger partial charge >= 0.3 is 0 Å². The molecule has 16 heavy (non-hydrogen) atoms. The number of nitrogens with one attached hydrogen (secondary N) is 1. The number of nitrogens with zero attached hydrogens (tertiary/aromatic N) is 1. The molecule has 5 heteroatoms. The Balaban J connectivity index is 4.03. The molecule has 0 unspecified atom stereocenters. The Labute approximate surface area is 100 Å². The van der Waals surface area contributed by atoms with Crippen molar-refractivity contribution in [1.29, 1.82) is 0 Å². The molecule has 1 N–H and O–H groups in total. The summed E-state index contributed by atoms with van der Waals surface area (Å²) in [6.45, 7) is 10.2. The molecule has 0 fully saturated rings. The first kappa shape index (κ1) is 15.9. The van der Waals surface area contributed by atoms with Crippen molar-refractivity contribution in [2.75, 3.05) is 25.4 Å². The lowest BCUT2D eigenvalue weighted by atomic mass is 10.3. The first-order valence-corrected chi connectivity index (χ1v) is 7.76. The zero-order chi connectivity index (χ0) is 12.6. The van der Waals surface area contributed by atoms with E-state index in [1.54, 1.807) is 4.31 Å². The highest BCUT2D eigenvalue weighted by atomic mass is 32.2. The van der Waals surface area contributed by atoms with Crippen molar-refractivity contribution in [2.24, 2.45) is 0 Å². The summed E-state index contributed by atoms with van der Waals surface area (Å²) in [5.74, 6) is 0.268. The van der Waals surface area contributed by atoms with E-state index < -0.39 is 10.0 Å². The van der Waals surface area contributed by atoms with E-state index in [-0.39, 0.29) is 11.8 Å². The van der Waals surface area contributed by atoms with Gasteiger partial charge in [0.25, 0.3) is 0 Å². The summed E-state index contributed by atoms with van der Waals surface area (Å²) in [4.78, 5) is 0. The van der Waals surface area contributed by atoms with Crippen molar-refractivity contribution in [2.45, 2.75) is 46.6 Å². The van der Waals surface area contributed by atoms with Crippen LogP contribution in [0.15, 0.2) is 0 Å². The van der Waals surface area contributed by atoms with Crippen LogP contribution in [0.2, 0.25) is 0 Å². The Morgan fingerprint density at radius 2 is 1.81 bits per heavy atom.